The summed E-state index contributed by atoms with van der Waals surface area (Å²) in [6.07, 6.45) is 5.45. The molecule has 0 spiro atoms. The second-order valence-corrected chi connectivity index (χ2v) is 6.24. The minimum atomic E-state index is -0.179. The summed E-state index contributed by atoms with van der Waals surface area (Å²) in [6, 6.07) is 0. The smallest absolute Gasteiger partial charge is 0.226 e. The van der Waals surface area contributed by atoms with Crippen molar-refractivity contribution in [3.8, 4) is 0 Å². The predicted octanol–water partition coefficient (Wildman–Crippen LogP) is 3.62. The van der Waals surface area contributed by atoms with Gasteiger partial charge in [-0.15, -0.1) is 0 Å². The molecule has 16 heavy (non-hydrogen) atoms. The third-order valence-electron chi connectivity index (χ3n) is 3.72. The summed E-state index contributed by atoms with van der Waals surface area (Å²) in [6.45, 7) is 4.19. The summed E-state index contributed by atoms with van der Waals surface area (Å²) in [4.78, 5) is 12.4. The normalized spacial score (nSPS) is 19.8. The fraction of sp³-hybridized carbons (Fsp3) is 0.917. The van der Waals surface area contributed by atoms with Gasteiger partial charge in [-0.2, -0.15) is 0 Å². The average Bonchev–Trinajstić information content (AvgIpc) is 2.78. The second-order valence-electron chi connectivity index (χ2n) is 5.12. The van der Waals surface area contributed by atoms with Crippen LogP contribution in [-0.4, -0.2) is 22.1 Å². The van der Waals surface area contributed by atoms with E-state index in [1.165, 1.54) is 12.8 Å². The van der Waals surface area contributed by atoms with Gasteiger partial charge >= 0.3 is 0 Å². The largest absolute Gasteiger partial charge is 0.349 e. The number of nitrogens with one attached hydrogen (secondary N) is 1. The number of rotatable bonds is 5. The van der Waals surface area contributed by atoms with Gasteiger partial charge in [0.25, 0.3) is 0 Å². The number of alkyl halides is 2. The summed E-state index contributed by atoms with van der Waals surface area (Å²) in [5.41, 5.74) is -0.270. The molecule has 1 aliphatic rings. The van der Waals surface area contributed by atoms with Crippen LogP contribution in [0.25, 0.3) is 0 Å². The van der Waals surface area contributed by atoms with E-state index in [0.29, 0.717) is 0 Å². The van der Waals surface area contributed by atoms with E-state index < -0.39 is 0 Å². The van der Waals surface area contributed by atoms with Crippen molar-refractivity contribution in [3.63, 3.8) is 0 Å². The lowest BCUT2D eigenvalue weighted by atomic mass is 9.82. The Hall–Kier alpha value is 0.430. The van der Waals surface area contributed by atoms with Crippen LogP contribution in [0.4, 0.5) is 0 Å². The maximum absolute atomic E-state index is 12.4. The van der Waals surface area contributed by atoms with Gasteiger partial charge in [0.2, 0.25) is 5.91 Å². The Morgan fingerprint density at radius 3 is 2.19 bits per heavy atom. The highest BCUT2D eigenvalue weighted by molar-refractivity contribution is 9.09. The van der Waals surface area contributed by atoms with E-state index in [1.54, 1.807) is 0 Å². The zero-order chi connectivity index (χ0) is 12.2. The quantitative estimate of drug-likeness (QED) is 0.750. The van der Waals surface area contributed by atoms with Gasteiger partial charge in [0.05, 0.1) is 5.54 Å². The predicted molar refractivity (Wildman–Crippen MR) is 75.3 cm³/mol. The van der Waals surface area contributed by atoms with E-state index in [1.807, 2.05) is 0 Å². The topological polar surface area (TPSA) is 29.1 Å². The first-order valence-corrected chi connectivity index (χ1v) is 8.21. The number of carbonyl (C=O) groups excluding carboxylic acids is 1. The lowest BCUT2D eigenvalue weighted by Gasteiger charge is -2.33. The zero-order valence-corrected chi connectivity index (χ0v) is 13.3. The Morgan fingerprint density at radius 1 is 1.31 bits per heavy atom. The number of carbonyl (C=O) groups is 1. The lowest BCUT2D eigenvalue weighted by Crippen LogP contribution is -2.53. The van der Waals surface area contributed by atoms with Crippen LogP contribution in [0.2, 0.25) is 0 Å². The molecule has 0 heterocycles. The molecule has 1 amide bonds. The fourth-order valence-electron chi connectivity index (χ4n) is 2.30. The Bertz CT molecular complexity index is 245. The van der Waals surface area contributed by atoms with Crippen molar-refractivity contribution in [2.45, 2.75) is 51.5 Å². The summed E-state index contributed by atoms with van der Waals surface area (Å²) in [7, 11) is 0. The van der Waals surface area contributed by atoms with Crippen LogP contribution in [0.15, 0.2) is 0 Å². The van der Waals surface area contributed by atoms with E-state index in [0.717, 1.165) is 29.9 Å². The van der Waals surface area contributed by atoms with Gasteiger partial charge in [0.15, 0.2) is 0 Å². The standard InChI is InChI=1S/C12H21Br2NO/c1-3-12(6-4-5-7-12)10(16)15-11(2,8-13)9-14/h3-9H2,1-2H3,(H,15,16). The monoisotopic (exact) mass is 353 g/mol. The Balaban J connectivity index is 2.70. The van der Waals surface area contributed by atoms with E-state index in [4.69, 9.17) is 0 Å². The molecule has 0 bridgehead atoms. The molecule has 0 unspecified atom stereocenters. The first-order chi connectivity index (χ1) is 7.52. The fourth-order valence-corrected chi connectivity index (χ4v) is 3.51. The molecule has 0 saturated heterocycles. The van der Waals surface area contributed by atoms with Gasteiger partial charge < -0.3 is 5.32 Å². The molecule has 0 radical (unpaired) electrons. The Labute approximate surface area is 115 Å². The third kappa shape index (κ3) is 3.00. The van der Waals surface area contributed by atoms with E-state index in [2.05, 4.69) is 51.0 Å². The van der Waals surface area contributed by atoms with E-state index in [9.17, 15) is 4.79 Å². The van der Waals surface area contributed by atoms with Gasteiger partial charge in [-0.1, -0.05) is 51.6 Å². The van der Waals surface area contributed by atoms with Crippen molar-refractivity contribution in [2.75, 3.05) is 10.7 Å². The summed E-state index contributed by atoms with van der Waals surface area (Å²) in [5, 5.41) is 4.74. The second kappa shape index (κ2) is 5.85. The molecule has 1 rings (SSSR count). The molecule has 2 nitrogen and oxygen atoms in total. The van der Waals surface area contributed by atoms with Crippen LogP contribution in [-0.2, 0) is 4.79 Å². The number of halogens is 2. The first-order valence-electron chi connectivity index (χ1n) is 5.96. The van der Waals surface area contributed by atoms with Gasteiger partial charge in [-0.05, 0) is 26.2 Å². The average molecular weight is 355 g/mol. The molecule has 0 aliphatic heterocycles. The molecule has 1 aliphatic carbocycles. The lowest BCUT2D eigenvalue weighted by molar-refractivity contribution is -0.132. The van der Waals surface area contributed by atoms with Gasteiger partial charge in [0, 0.05) is 16.1 Å². The van der Waals surface area contributed by atoms with Crippen LogP contribution in [0.5, 0.6) is 0 Å². The SMILES string of the molecule is CCC1(C(=O)NC(C)(CBr)CBr)CCCC1. The van der Waals surface area contributed by atoms with Crippen LogP contribution >= 0.6 is 31.9 Å². The minimum Gasteiger partial charge on any atom is -0.349 e. The van der Waals surface area contributed by atoms with Gasteiger partial charge in [0.1, 0.15) is 0 Å². The molecule has 0 aromatic carbocycles. The molecule has 4 heteroatoms. The van der Waals surface area contributed by atoms with Crippen LogP contribution in [0, 0.1) is 5.41 Å². The molecule has 1 saturated carbocycles. The summed E-state index contributed by atoms with van der Waals surface area (Å²) < 4.78 is 0. The zero-order valence-electron chi connectivity index (χ0n) is 10.1. The van der Waals surface area contributed by atoms with Crippen LogP contribution < -0.4 is 5.32 Å². The van der Waals surface area contributed by atoms with Gasteiger partial charge in [-0.25, -0.2) is 0 Å². The maximum atomic E-state index is 12.4. The van der Waals surface area contributed by atoms with Crippen molar-refractivity contribution in [1.29, 1.82) is 0 Å². The van der Waals surface area contributed by atoms with Crippen molar-refractivity contribution >= 4 is 37.8 Å². The van der Waals surface area contributed by atoms with Crippen LogP contribution in [0.3, 0.4) is 0 Å². The van der Waals surface area contributed by atoms with E-state index in [-0.39, 0.29) is 16.9 Å². The van der Waals surface area contributed by atoms with Crippen molar-refractivity contribution in [3.05, 3.63) is 0 Å². The van der Waals surface area contributed by atoms with E-state index >= 15 is 0 Å². The Kier molecular flexibility index (Phi) is 5.30. The van der Waals surface area contributed by atoms with Crippen molar-refractivity contribution in [2.24, 2.45) is 5.41 Å². The van der Waals surface area contributed by atoms with Crippen LogP contribution in [0.1, 0.15) is 46.0 Å². The first kappa shape index (κ1) is 14.5. The molecule has 0 aromatic heterocycles. The van der Waals surface area contributed by atoms with Crippen molar-refractivity contribution in [1.82, 2.24) is 5.32 Å². The molecular weight excluding hydrogens is 334 g/mol. The van der Waals surface area contributed by atoms with Gasteiger partial charge in [-0.3, -0.25) is 4.79 Å². The molecular formula is C12H21Br2NO. The molecule has 0 atom stereocenters. The maximum Gasteiger partial charge on any atom is 0.226 e. The summed E-state index contributed by atoms with van der Waals surface area (Å²) in [5.74, 6) is 0.244. The Morgan fingerprint density at radius 2 is 1.81 bits per heavy atom. The molecule has 0 aromatic rings. The number of hydrogen-bond acceptors (Lipinski definition) is 1. The highest BCUT2D eigenvalue weighted by Crippen LogP contribution is 2.41. The number of amides is 1. The highest BCUT2D eigenvalue weighted by atomic mass is 79.9. The highest BCUT2D eigenvalue weighted by Gasteiger charge is 2.41. The summed E-state index contributed by atoms with van der Waals surface area (Å²) >= 11 is 6.93. The molecule has 1 fully saturated rings. The minimum absolute atomic E-state index is 0.0917. The third-order valence-corrected chi connectivity index (χ3v) is 6.20. The molecule has 1 N–H and O–H groups in total. The molecule has 94 valence electrons. The van der Waals surface area contributed by atoms with Crippen molar-refractivity contribution < 1.29 is 4.79 Å². The number of hydrogen-bond donors (Lipinski definition) is 1.